The first kappa shape index (κ1) is 18.4. The Bertz CT molecular complexity index is 381. The summed E-state index contributed by atoms with van der Waals surface area (Å²) in [6.45, 7) is 8.70. The minimum Gasteiger partial charge on any atom is -0.494 e. The van der Waals surface area contributed by atoms with Crippen molar-refractivity contribution in [3.05, 3.63) is 29.8 Å². The molecule has 0 fully saturated rings. The molecule has 0 amide bonds. The molecule has 3 heteroatoms. The van der Waals surface area contributed by atoms with E-state index in [9.17, 15) is 0 Å². The number of thioether (sulfide) groups is 1. The summed E-state index contributed by atoms with van der Waals surface area (Å²) in [7, 11) is 4.26. The number of ether oxygens (including phenoxy) is 1. The van der Waals surface area contributed by atoms with E-state index in [1.54, 1.807) is 0 Å². The summed E-state index contributed by atoms with van der Waals surface area (Å²) < 4.78 is 5.80. The van der Waals surface area contributed by atoms with Crippen molar-refractivity contribution in [3.8, 4) is 5.75 Å². The molecule has 120 valence electrons. The van der Waals surface area contributed by atoms with Gasteiger partial charge in [-0.05, 0) is 68.1 Å². The highest BCUT2D eigenvalue weighted by Gasteiger charge is 2.12. The lowest BCUT2D eigenvalue weighted by atomic mass is 9.87. The van der Waals surface area contributed by atoms with E-state index in [1.807, 2.05) is 11.8 Å². The monoisotopic (exact) mass is 309 g/mol. The fraction of sp³-hybridized carbons (Fsp3) is 0.667. The molecule has 1 aromatic carbocycles. The van der Waals surface area contributed by atoms with Crippen LogP contribution in [0.15, 0.2) is 24.3 Å². The van der Waals surface area contributed by atoms with Crippen molar-refractivity contribution in [1.29, 1.82) is 0 Å². The van der Waals surface area contributed by atoms with Gasteiger partial charge in [0.25, 0.3) is 0 Å². The Balaban J connectivity index is 2.10. The lowest BCUT2D eigenvalue weighted by Gasteiger charge is -2.19. The molecule has 0 aromatic heterocycles. The van der Waals surface area contributed by atoms with Gasteiger partial charge in [0.05, 0.1) is 6.61 Å². The quantitative estimate of drug-likeness (QED) is 0.626. The van der Waals surface area contributed by atoms with Crippen LogP contribution in [0.4, 0.5) is 0 Å². The van der Waals surface area contributed by atoms with Gasteiger partial charge in [0.1, 0.15) is 5.75 Å². The van der Waals surface area contributed by atoms with Crippen LogP contribution in [0, 0.1) is 0 Å². The van der Waals surface area contributed by atoms with E-state index in [4.69, 9.17) is 4.74 Å². The van der Waals surface area contributed by atoms with Crippen LogP contribution in [0.5, 0.6) is 5.75 Å². The van der Waals surface area contributed by atoms with Gasteiger partial charge in [-0.1, -0.05) is 32.9 Å². The zero-order chi connectivity index (χ0) is 15.7. The van der Waals surface area contributed by atoms with Gasteiger partial charge in [0.15, 0.2) is 0 Å². The Morgan fingerprint density at radius 1 is 1.00 bits per heavy atom. The van der Waals surface area contributed by atoms with Crippen molar-refractivity contribution in [2.24, 2.45) is 0 Å². The second kappa shape index (κ2) is 9.37. The van der Waals surface area contributed by atoms with Crippen molar-refractivity contribution in [2.45, 2.75) is 39.0 Å². The molecule has 0 bridgehead atoms. The van der Waals surface area contributed by atoms with Gasteiger partial charge in [0, 0.05) is 0 Å². The van der Waals surface area contributed by atoms with E-state index in [2.05, 4.69) is 64.0 Å². The molecule has 2 nitrogen and oxygen atoms in total. The molecule has 1 aromatic rings. The van der Waals surface area contributed by atoms with E-state index >= 15 is 0 Å². The molecule has 0 spiro atoms. The van der Waals surface area contributed by atoms with Crippen LogP contribution in [0.2, 0.25) is 0 Å². The predicted molar refractivity (Wildman–Crippen MR) is 95.8 cm³/mol. The summed E-state index contributed by atoms with van der Waals surface area (Å²) in [6.07, 6.45) is 2.39. The molecule has 21 heavy (non-hydrogen) atoms. The highest BCUT2D eigenvalue weighted by molar-refractivity contribution is 7.99. The predicted octanol–water partition coefficient (Wildman–Crippen LogP) is 4.44. The van der Waals surface area contributed by atoms with Crippen LogP contribution >= 0.6 is 11.8 Å². The number of benzene rings is 1. The summed E-state index contributed by atoms with van der Waals surface area (Å²) in [5, 5.41) is 0. The van der Waals surface area contributed by atoms with Gasteiger partial charge in [-0.25, -0.2) is 0 Å². The van der Waals surface area contributed by atoms with Crippen LogP contribution in [0.25, 0.3) is 0 Å². The fourth-order valence-corrected chi connectivity index (χ4v) is 2.85. The van der Waals surface area contributed by atoms with E-state index in [0.717, 1.165) is 18.8 Å². The van der Waals surface area contributed by atoms with Gasteiger partial charge in [0.2, 0.25) is 0 Å². The molecule has 0 aliphatic heterocycles. The third-order valence-electron chi connectivity index (χ3n) is 3.32. The second-order valence-electron chi connectivity index (χ2n) is 6.75. The summed E-state index contributed by atoms with van der Waals surface area (Å²) >= 11 is 2.03. The fourth-order valence-electron chi connectivity index (χ4n) is 1.99. The zero-order valence-corrected chi connectivity index (χ0v) is 15.1. The van der Waals surface area contributed by atoms with Crippen molar-refractivity contribution in [3.63, 3.8) is 0 Å². The van der Waals surface area contributed by atoms with Gasteiger partial charge in [-0.3, -0.25) is 0 Å². The van der Waals surface area contributed by atoms with Crippen molar-refractivity contribution >= 4 is 11.8 Å². The average molecular weight is 310 g/mol. The first-order chi connectivity index (χ1) is 9.89. The first-order valence-corrected chi connectivity index (χ1v) is 9.01. The molecule has 0 aliphatic carbocycles. The largest absolute Gasteiger partial charge is 0.494 e. The van der Waals surface area contributed by atoms with Crippen LogP contribution in [0.1, 0.15) is 39.2 Å². The smallest absolute Gasteiger partial charge is 0.119 e. The van der Waals surface area contributed by atoms with Crippen molar-refractivity contribution in [1.82, 2.24) is 4.90 Å². The summed E-state index contributed by atoms with van der Waals surface area (Å²) in [5.74, 6) is 3.42. The summed E-state index contributed by atoms with van der Waals surface area (Å²) in [5.41, 5.74) is 1.56. The van der Waals surface area contributed by atoms with E-state index in [1.165, 1.54) is 30.0 Å². The Hall–Kier alpha value is -0.670. The normalized spacial score (nSPS) is 11.9. The highest BCUT2D eigenvalue weighted by Crippen LogP contribution is 2.24. The minimum atomic E-state index is 0.210. The molecular formula is C18H31NOS. The number of rotatable bonds is 9. The molecule has 0 heterocycles. The molecule has 0 radical (unpaired) electrons. The minimum absolute atomic E-state index is 0.210. The molecule has 0 saturated heterocycles. The molecule has 0 N–H and O–H groups in total. The Morgan fingerprint density at radius 2 is 1.62 bits per heavy atom. The molecule has 1 rings (SSSR count). The van der Waals surface area contributed by atoms with E-state index in [0.29, 0.717) is 0 Å². The lowest BCUT2D eigenvalue weighted by molar-refractivity contribution is 0.318. The van der Waals surface area contributed by atoms with Crippen molar-refractivity contribution < 1.29 is 4.74 Å². The molecule has 0 saturated carbocycles. The number of nitrogens with zero attached hydrogens (tertiary/aromatic N) is 1. The molecule has 0 unspecified atom stereocenters. The van der Waals surface area contributed by atoms with Crippen LogP contribution < -0.4 is 4.74 Å². The maximum atomic E-state index is 5.80. The summed E-state index contributed by atoms with van der Waals surface area (Å²) in [6, 6.07) is 8.52. The third-order valence-corrected chi connectivity index (χ3v) is 4.47. The summed E-state index contributed by atoms with van der Waals surface area (Å²) in [4.78, 5) is 2.24. The maximum Gasteiger partial charge on any atom is 0.119 e. The van der Waals surface area contributed by atoms with Gasteiger partial charge < -0.3 is 9.64 Å². The highest BCUT2D eigenvalue weighted by atomic mass is 32.2. The number of hydrogen-bond acceptors (Lipinski definition) is 3. The van der Waals surface area contributed by atoms with E-state index < -0.39 is 0 Å². The number of hydrogen-bond donors (Lipinski definition) is 0. The molecule has 0 atom stereocenters. The Labute approximate surface area is 135 Å². The first-order valence-electron chi connectivity index (χ1n) is 7.85. The van der Waals surface area contributed by atoms with Crippen LogP contribution in [0.3, 0.4) is 0 Å². The SMILES string of the molecule is CN(C)CCCSCCCOc1ccc(C(C)(C)C)cc1. The second-order valence-corrected chi connectivity index (χ2v) is 7.97. The lowest BCUT2D eigenvalue weighted by Crippen LogP contribution is -2.13. The zero-order valence-electron chi connectivity index (χ0n) is 14.3. The molecule has 0 aliphatic rings. The van der Waals surface area contributed by atoms with Crippen molar-refractivity contribution in [2.75, 3.05) is 38.8 Å². The van der Waals surface area contributed by atoms with Gasteiger partial charge in [-0.15, -0.1) is 0 Å². The topological polar surface area (TPSA) is 12.5 Å². The average Bonchev–Trinajstić information content (AvgIpc) is 2.41. The van der Waals surface area contributed by atoms with Gasteiger partial charge >= 0.3 is 0 Å². The Kier molecular flexibility index (Phi) is 8.20. The molecular weight excluding hydrogens is 278 g/mol. The Morgan fingerprint density at radius 3 is 2.19 bits per heavy atom. The van der Waals surface area contributed by atoms with Crippen LogP contribution in [-0.2, 0) is 5.41 Å². The van der Waals surface area contributed by atoms with E-state index in [-0.39, 0.29) is 5.41 Å². The van der Waals surface area contributed by atoms with Gasteiger partial charge in [-0.2, -0.15) is 11.8 Å². The standard InChI is InChI=1S/C18H31NOS/c1-18(2,3)16-8-10-17(11-9-16)20-13-7-15-21-14-6-12-19(4)5/h8-11H,6-7,12-15H2,1-5H3. The van der Waals surface area contributed by atoms with Crippen LogP contribution in [-0.4, -0.2) is 43.7 Å². The maximum absolute atomic E-state index is 5.80. The third kappa shape index (κ3) is 8.37.